The maximum Gasteiger partial charge on any atom is 0.322 e. The van der Waals surface area contributed by atoms with Gasteiger partial charge in [0.2, 0.25) is 0 Å². The molecule has 2 aromatic carbocycles. The number of hydrogen-bond acceptors (Lipinski definition) is 5. The molecule has 1 heterocycles. The third kappa shape index (κ3) is 2.61. The predicted molar refractivity (Wildman–Crippen MR) is 107 cm³/mol. The number of ether oxygens (including phenoxy) is 1. The lowest BCUT2D eigenvalue weighted by Gasteiger charge is -2.45. The van der Waals surface area contributed by atoms with Crippen molar-refractivity contribution in [3.8, 4) is 17.6 Å². The summed E-state index contributed by atoms with van der Waals surface area (Å²) in [4.78, 5) is 25.4. The van der Waals surface area contributed by atoms with Crippen molar-refractivity contribution in [2.75, 3.05) is 0 Å². The molecule has 0 bridgehead atoms. The van der Waals surface area contributed by atoms with Crippen molar-refractivity contribution in [1.82, 2.24) is 10.6 Å². The van der Waals surface area contributed by atoms with Gasteiger partial charge in [0.1, 0.15) is 11.5 Å². The van der Waals surface area contributed by atoms with Gasteiger partial charge in [0.05, 0.1) is 17.7 Å². The van der Waals surface area contributed by atoms with Crippen LogP contribution in [0.15, 0.2) is 42.5 Å². The van der Waals surface area contributed by atoms with Crippen molar-refractivity contribution in [2.45, 2.75) is 43.7 Å². The number of carbonyl (C=O) groups is 2. The Balaban J connectivity index is 1.57. The normalized spacial score (nSPS) is 29.4. The Morgan fingerprint density at radius 1 is 1.10 bits per heavy atom. The second-order valence-electron chi connectivity index (χ2n) is 8.41. The first-order chi connectivity index (χ1) is 14.5. The fourth-order valence-corrected chi connectivity index (χ4v) is 5.40. The van der Waals surface area contributed by atoms with Gasteiger partial charge in [0, 0.05) is 5.41 Å². The molecule has 152 valence electrons. The third-order valence-electron chi connectivity index (χ3n) is 6.79. The lowest BCUT2D eigenvalue weighted by Crippen LogP contribution is -2.56. The summed E-state index contributed by atoms with van der Waals surface area (Å²) in [6, 6.07) is 14.1. The van der Waals surface area contributed by atoms with Gasteiger partial charge in [-0.2, -0.15) is 5.26 Å². The van der Waals surface area contributed by atoms with Gasteiger partial charge < -0.3 is 15.2 Å². The number of urea groups is 1. The molecular formula is C23H21N3O4. The highest BCUT2D eigenvalue weighted by Crippen LogP contribution is 2.59. The molecule has 3 aliphatic rings. The largest absolute Gasteiger partial charge is 0.457 e. The number of hydrogen-bond donors (Lipinski definition) is 3. The van der Waals surface area contributed by atoms with E-state index in [-0.39, 0.29) is 12.0 Å². The van der Waals surface area contributed by atoms with E-state index in [1.165, 1.54) is 0 Å². The van der Waals surface area contributed by atoms with E-state index < -0.39 is 17.0 Å². The summed E-state index contributed by atoms with van der Waals surface area (Å²) < 4.78 is 5.97. The van der Waals surface area contributed by atoms with Crippen LogP contribution in [0.25, 0.3) is 0 Å². The van der Waals surface area contributed by atoms with Crippen molar-refractivity contribution >= 4 is 11.9 Å². The minimum atomic E-state index is -1.16. The van der Waals surface area contributed by atoms with Crippen LogP contribution in [0.4, 0.5) is 4.79 Å². The first-order valence-electron chi connectivity index (χ1n) is 10.1. The van der Waals surface area contributed by atoms with Crippen LogP contribution >= 0.6 is 0 Å². The molecule has 2 spiro atoms. The molecule has 0 radical (unpaired) electrons. The number of rotatable bonds is 2. The van der Waals surface area contributed by atoms with E-state index >= 15 is 0 Å². The number of nitrogens with zero attached hydrogens (tertiary/aromatic N) is 1. The van der Waals surface area contributed by atoms with E-state index in [0.29, 0.717) is 49.2 Å². The van der Waals surface area contributed by atoms with Crippen LogP contribution < -0.4 is 15.4 Å². The fourth-order valence-electron chi connectivity index (χ4n) is 5.40. The lowest BCUT2D eigenvalue weighted by molar-refractivity contribution is -0.131. The molecule has 7 heteroatoms. The number of nitriles is 1. The van der Waals surface area contributed by atoms with Gasteiger partial charge in [0.15, 0.2) is 5.54 Å². The topological polar surface area (TPSA) is 111 Å². The van der Waals surface area contributed by atoms with E-state index in [2.05, 4.69) is 16.7 Å². The second-order valence-corrected chi connectivity index (χ2v) is 8.41. The molecule has 3 N–H and O–H groups in total. The number of imide groups is 1. The molecule has 7 nitrogen and oxygen atoms in total. The SMILES string of the molecule is N#Cc1cccc(Oc2ccc3c(c2)C2(NC(=O)NC2=O)C2(CCC(O)CC2)C3)c1. The van der Waals surface area contributed by atoms with Crippen molar-refractivity contribution in [1.29, 1.82) is 5.26 Å². The van der Waals surface area contributed by atoms with Gasteiger partial charge in [-0.05, 0) is 73.6 Å². The van der Waals surface area contributed by atoms with E-state index in [9.17, 15) is 14.7 Å². The van der Waals surface area contributed by atoms with Crippen LogP contribution in [-0.2, 0) is 16.8 Å². The maximum absolute atomic E-state index is 13.1. The van der Waals surface area contributed by atoms with Crippen molar-refractivity contribution < 1.29 is 19.4 Å². The lowest BCUT2D eigenvalue weighted by atomic mass is 9.61. The molecule has 1 unspecified atom stereocenters. The highest BCUT2D eigenvalue weighted by atomic mass is 16.5. The zero-order valence-corrected chi connectivity index (χ0v) is 16.3. The summed E-state index contributed by atoms with van der Waals surface area (Å²) in [6.07, 6.45) is 2.79. The summed E-state index contributed by atoms with van der Waals surface area (Å²) in [5.41, 5.74) is 0.614. The highest BCUT2D eigenvalue weighted by molar-refractivity contribution is 6.08. The van der Waals surface area contributed by atoms with Gasteiger partial charge in [-0.25, -0.2) is 4.79 Å². The Bertz CT molecular complexity index is 1100. The van der Waals surface area contributed by atoms with Crippen LogP contribution in [0.5, 0.6) is 11.5 Å². The molecule has 2 aromatic rings. The predicted octanol–water partition coefficient (Wildman–Crippen LogP) is 2.86. The van der Waals surface area contributed by atoms with Crippen molar-refractivity contribution in [2.24, 2.45) is 5.41 Å². The Kier molecular flexibility index (Phi) is 4.09. The monoisotopic (exact) mass is 403 g/mol. The Morgan fingerprint density at radius 2 is 1.87 bits per heavy atom. The van der Waals surface area contributed by atoms with Crippen LogP contribution in [0.3, 0.4) is 0 Å². The second kappa shape index (κ2) is 6.57. The van der Waals surface area contributed by atoms with Crippen molar-refractivity contribution in [3.05, 3.63) is 59.2 Å². The van der Waals surface area contributed by atoms with E-state index in [4.69, 9.17) is 10.00 Å². The van der Waals surface area contributed by atoms with E-state index in [1.807, 2.05) is 18.2 Å². The van der Waals surface area contributed by atoms with Gasteiger partial charge in [-0.1, -0.05) is 12.1 Å². The van der Waals surface area contributed by atoms with Crippen LogP contribution in [-0.4, -0.2) is 23.1 Å². The van der Waals surface area contributed by atoms with Crippen LogP contribution in [0, 0.1) is 16.7 Å². The van der Waals surface area contributed by atoms with Gasteiger partial charge in [-0.3, -0.25) is 10.1 Å². The smallest absolute Gasteiger partial charge is 0.322 e. The molecule has 30 heavy (non-hydrogen) atoms. The number of amides is 3. The number of fused-ring (bicyclic) bond motifs is 3. The average molecular weight is 403 g/mol. The van der Waals surface area contributed by atoms with Gasteiger partial charge in [0.25, 0.3) is 5.91 Å². The Morgan fingerprint density at radius 3 is 2.57 bits per heavy atom. The summed E-state index contributed by atoms with van der Waals surface area (Å²) in [6.45, 7) is 0. The third-order valence-corrected chi connectivity index (χ3v) is 6.79. The van der Waals surface area contributed by atoms with E-state index in [1.54, 1.807) is 24.3 Å². The number of aliphatic hydroxyl groups is 1. The number of benzene rings is 2. The summed E-state index contributed by atoms with van der Waals surface area (Å²) >= 11 is 0. The fraction of sp³-hybridized carbons (Fsp3) is 0.348. The average Bonchev–Trinajstić information content (AvgIpc) is 3.19. The quantitative estimate of drug-likeness (QED) is 0.668. The van der Waals surface area contributed by atoms with Gasteiger partial charge >= 0.3 is 6.03 Å². The number of carbonyl (C=O) groups excluding carboxylic acids is 2. The number of aliphatic hydroxyl groups excluding tert-OH is 1. The molecule has 1 saturated carbocycles. The standard InChI is InChI=1S/C23H21N3O4/c24-13-14-2-1-3-17(10-14)30-18-5-4-15-12-22(8-6-16(27)7-9-22)23(19(15)11-18)20(28)25-21(29)26-23/h1-5,10-11,16,27H,6-9,12H2,(H2,25,26,28,29). The summed E-state index contributed by atoms with van der Waals surface area (Å²) in [5, 5.41) is 24.5. The molecular weight excluding hydrogens is 382 g/mol. The minimum absolute atomic E-state index is 0.341. The Hall–Kier alpha value is -3.37. The molecule has 2 fully saturated rings. The zero-order chi connectivity index (χ0) is 20.9. The molecule has 1 atom stereocenters. The van der Waals surface area contributed by atoms with E-state index in [0.717, 1.165) is 11.1 Å². The molecule has 1 saturated heterocycles. The van der Waals surface area contributed by atoms with Gasteiger partial charge in [-0.15, -0.1) is 0 Å². The molecule has 5 rings (SSSR count). The molecule has 2 aliphatic carbocycles. The maximum atomic E-state index is 13.1. The molecule has 0 aromatic heterocycles. The number of nitrogens with one attached hydrogen (secondary N) is 2. The summed E-state index contributed by atoms with van der Waals surface area (Å²) in [7, 11) is 0. The summed E-state index contributed by atoms with van der Waals surface area (Å²) in [5.74, 6) is 0.716. The highest BCUT2D eigenvalue weighted by Gasteiger charge is 2.66. The minimum Gasteiger partial charge on any atom is -0.457 e. The Labute approximate surface area is 173 Å². The zero-order valence-electron chi connectivity index (χ0n) is 16.3. The first-order valence-corrected chi connectivity index (χ1v) is 10.1. The van der Waals surface area contributed by atoms with Crippen molar-refractivity contribution in [3.63, 3.8) is 0 Å². The molecule has 1 aliphatic heterocycles. The molecule has 3 amide bonds. The van der Waals surface area contributed by atoms with Crippen LogP contribution in [0.1, 0.15) is 42.4 Å². The first kappa shape index (κ1) is 18.6. The van der Waals surface area contributed by atoms with Crippen LogP contribution in [0.2, 0.25) is 0 Å².